The van der Waals surface area contributed by atoms with Gasteiger partial charge in [0.25, 0.3) is 0 Å². The van der Waals surface area contributed by atoms with E-state index in [-0.39, 0.29) is 0 Å². The van der Waals surface area contributed by atoms with Gasteiger partial charge < -0.3 is 0 Å². The smallest absolute Gasteiger partial charge is 0.221 e. The molecule has 1 aliphatic rings. The summed E-state index contributed by atoms with van der Waals surface area (Å²) in [5.74, 6) is 0. The van der Waals surface area contributed by atoms with Gasteiger partial charge in [0.1, 0.15) is 12.3 Å². The number of hydroxylamine groups is 2. The van der Waals surface area contributed by atoms with Crippen molar-refractivity contribution in [3.05, 3.63) is 35.9 Å². The molecule has 1 aromatic carbocycles. The predicted octanol–water partition coefficient (Wildman–Crippen LogP) is 1.12. The monoisotopic (exact) mass is 265 g/mol. The zero-order valence-corrected chi connectivity index (χ0v) is 10.7. The van der Waals surface area contributed by atoms with E-state index in [0.717, 1.165) is 18.4 Å². The molecule has 1 saturated carbocycles. The first-order valence-corrected chi connectivity index (χ1v) is 6.16. The summed E-state index contributed by atoms with van der Waals surface area (Å²) < 4.78 is 0. The summed E-state index contributed by atoms with van der Waals surface area (Å²) >= 11 is 4.95. The van der Waals surface area contributed by atoms with Gasteiger partial charge in [-0.05, 0) is 18.4 Å². The van der Waals surface area contributed by atoms with Crippen LogP contribution in [0.2, 0.25) is 0 Å². The van der Waals surface area contributed by atoms with Crippen molar-refractivity contribution in [1.29, 1.82) is 0 Å². The third kappa shape index (κ3) is 3.04. The van der Waals surface area contributed by atoms with E-state index in [4.69, 9.17) is 17.1 Å². The van der Waals surface area contributed by atoms with E-state index in [0.29, 0.717) is 13.0 Å². The summed E-state index contributed by atoms with van der Waals surface area (Å²) in [6.45, 7) is 0.443. The Hall–Kier alpha value is -1.50. The summed E-state index contributed by atoms with van der Waals surface area (Å²) in [7, 11) is 0. The molecule has 0 bridgehead atoms. The molecule has 0 unspecified atom stereocenters. The van der Waals surface area contributed by atoms with E-state index < -0.39 is 5.66 Å². The van der Waals surface area contributed by atoms with Gasteiger partial charge >= 0.3 is 0 Å². The highest BCUT2D eigenvalue weighted by Crippen LogP contribution is 2.38. The van der Waals surface area contributed by atoms with Crippen LogP contribution in [0.3, 0.4) is 0 Å². The molecular formula is C12H15N3O2S. The molecule has 0 radical (unpaired) electrons. The Morgan fingerprint density at radius 1 is 1.39 bits per heavy atom. The molecule has 6 heteroatoms. The Balaban J connectivity index is 1.90. The predicted molar refractivity (Wildman–Crippen MR) is 71.0 cm³/mol. The van der Waals surface area contributed by atoms with E-state index in [1.165, 1.54) is 5.49 Å². The third-order valence-electron chi connectivity index (χ3n) is 2.82. The zero-order chi connectivity index (χ0) is 12.8. The molecule has 5 nitrogen and oxygen atoms in total. The van der Waals surface area contributed by atoms with Gasteiger partial charge in [-0.15, -0.1) is 0 Å². The molecule has 2 rings (SSSR count). The molecule has 0 aromatic heterocycles. The molecule has 0 aliphatic heterocycles. The molecular weight excluding hydrogens is 250 g/mol. The van der Waals surface area contributed by atoms with Crippen molar-refractivity contribution in [1.82, 2.24) is 15.9 Å². The number of carbonyl (C=O) groups is 1. The first-order chi connectivity index (χ1) is 8.80. The van der Waals surface area contributed by atoms with Crippen LogP contribution in [0.25, 0.3) is 0 Å². The fourth-order valence-corrected chi connectivity index (χ4v) is 1.92. The second-order valence-electron chi connectivity index (χ2n) is 4.11. The summed E-state index contributed by atoms with van der Waals surface area (Å²) in [5, 5.41) is 1.59. The van der Waals surface area contributed by atoms with Crippen LogP contribution in [0.5, 0.6) is 0 Å². The average Bonchev–Trinajstić information content (AvgIpc) is 3.19. The van der Waals surface area contributed by atoms with Crippen LogP contribution in [0.15, 0.2) is 30.3 Å². The highest BCUT2D eigenvalue weighted by Gasteiger charge is 2.48. The lowest BCUT2D eigenvalue weighted by atomic mass is 10.2. The van der Waals surface area contributed by atoms with Gasteiger partial charge in [0, 0.05) is 0 Å². The minimum atomic E-state index is -0.391. The lowest BCUT2D eigenvalue weighted by molar-refractivity contribution is -0.153. The Morgan fingerprint density at radius 2 is 2.11 bits per heavy atom. The molecule has 2 N–H and O–H groups in total. The van der Waals surface area contributed by atoms with Crippen LogP contribution >= 0.6 is 12.2 Å². The van der Waals surface area contributed by atoms with Crippen LogP contribution < -0.4 is 10.9 Å². The van der Waals surface area contributed by atoms with Crippen molar-refractivity contribution in [3.63, 3.8) is 0 Å². The Morgan fingerprint density at radius 3 is 2.67 bits per heavy atom. The number of amides is 1. The van der Waals surface area contributed by atoms with Gasteiger partial charge in [0.05, 0.1) is 5.49 Å². The van der Waals surface area contributed by atoms with E-state index >= 15 is 0 Å². The molecule has 0 heterocycles. The second-order valence-corrected chi connectivity index (χ2v) is 4.32. The van der Waals surface area contributed by atoms with Crippen LogP contribution in [-0.2, 0) is 16.2 Å². The Bertz CT molecular complexity index is 409. The maximum absolute atomic E-state index is 10.3. The highest BCUT2D eigenvalue weighted by molar-refractivity contribution is 7.78. The van der Waals surface area contributed by atoms with Crippen molar-refractivity contribution in [2.45, 2.75) is 25.1 Å². The molecule has 96 valence electrons. The first kappa shape index (κ1) is 12.9. The molecule has 0 spiro atoms. The fourth-order valence-electron chi connectivity index (χ4n) is 1.66. The van der Waals surface area contributed by atoms with Crippen LogP contribution in [0.4, 0.5) is 0 Å². The van der Waals surface area contributed by atoms with Gasteiger partial charge in [-0.2, -0.15) is 0 Å². The van der Waals surface area contributed by atoms with Crippen LogP contribution in [0.1, 0.15) is 18.4 Å². The largest absolute Gasteiger partial charge is 0.292 e. The van der Waals surface area contributed by atoms with Crippen molar-refractivity contribution in [3.8, 4) is 0 Å². The van der Waals surface area contributed by atoms with Crippen LogP contribution in [-0.4, -0.2) is 22.6 Å². The number of thiocarbonyl (C=S) groups is 1. The van der Waals surface area contributed by atoms with Crippen molar-refractivity contribution >= 4 is 24.1 Å². The van der Waals surface area contributed by atoms with E-state index in [1.54, 1.807) is 5.06 Å². The molecule has 0 atom stereocenters. The standard InChI is InChI=1S/C12H15N3O2S/c16-9-13-14-12(6-7-12)15(10-18)17-8-11-4-2-1-3-5-11/h1-5,9-10,14H,6-8H2,(H,13,16). The zero-order valence-electron chi connectivity index (χ0n) is 9.83. The van der Waals surface area contributed by atoms with E-state index in [2.05, 4.69) is 10.9 Å². The number of hydrazine groups is 1. The molecule has 1 fully saturated rings. The number of nitrogens with zero attached hydrogens (tertiary/aromatic N) is 1. The van der Waals surface area contributed by atoms with Gasteiger partial charge in [-0.1, -0.05) is 42.5 Å². The number of rotatable bonds is 8. The number of carbonyl (C=O) groups excluding carboxylic acids is 1. The maximum Gasteiger partial charge on any atom is 0.221 e. The van der Waals surface area contributed by atoms with Gasteiger partial charge in [-0.3, -0.25) is 15.1 Å². The minimum absolute atomic E-state index is 0.391. The van der Waals surface area contributed by atoms with Crippen molar-refractivity contribution in [2.24, 2.45) is 0 Å². The minimum Gasteiger partial charge on any atom is -0.292 e. The molecule has 1 amide bonds. The highest BCUT2D eigenvalue weighted by atomic mass is 32.1. The molecule has 1 aliphatic carbocycles. The number of nitrogens with one attached hydrogen (secondary N) is 2. The lowest BCUT2D eigenvalue weighted by Crippen LogP contribution is -2.52. The van der Waals surface area contributed by atoms with Gasteiger partial charge in [0.15, 0.2) is 0 Å². The third-order valence-corrected chi connectivity index (χ3v) is 3.01. The summed E-state index contributed by atoms with van der Waals surface area (Å²) in [6.07, 6.45) is 2.34. The lowest BCUT2D eigenvalue weighted by Gasteiger charge is -2.28. The Labute approximate surface area is 111 Å². The number of benzene rings is 1. The quantitative estimate of drug-likeness (QED) is 0.319. The molecule has 0 saturated heterocycles. The first-order valence-electron chi connectivity index (χ1n) is 5.68. The van der Waals surface area contributed by atoms with Crippen molar-refractivity contribution in [2.75, 3.05) is 0 Å². The summed E-state index contributed by atoms with van der Waals surface area (Å²) in [5.41, 5.74) is 7.47. The summed E-state index contributed by atoms with van der Waals surface area (Å²) in [6, 6.07) is 9.84. The second kappa shape index (κ2) is 5.90. The SMILES string of the molecule is O=CNNC1(N(C=S)OCc2ccccc2)CC1. The van der Waals surface area contributed by atoms with Crippen LogP contribution in [0, 0.1) is 0 Å². The topological polar surface area (TPSA) is 53.6 Å². The normalized spacial score (nSPS) is 15.8. The van der Waals surface area contributed by atoms with E-state index in [1.807, 2.05) is 30.3 Å². The number of hydrogen-bond acceptors (Lipinski definition) is 4. The average molecular weight is 265 g/mol. The van der Waals surface area contributed by atoms with Gasteiger partial charge in [-0.25, -0.2) is 10.5 Å². The van der Waals surface area contributed by atoms with Crippen molar-refractivity contribution < 1.29 is 9.63 Å². The Kier molecular flexibility index (Phi) is 4.24. The molecule has 18 heavy (non-hydrogen) atoms. The fraction of sp³-hybridized carbons (Fsp3) is 0.333. The summed E-state index contributed by atoms with van der Waals surface area (Å²) in [4.78, 5) is 16.0. The number of hydrogen-bond donors (Lipinski definition) is 2. The van der Waals surface area contributed by atoms with E-state index in [9.17, 15) is 4.79 Å². The molecule has 1 aromatic rings. The maximum atomic E-state index is 10.3. The van der Waals surface area contributed by atoms with Gasteiger partial charge in [0.2, 0.25) is 6.41 Å².